The van der Waals surface area contributed by atoms with Crippen molar-refractivity contribution in [3.05, 3.63) is 0 Å². The van der Waals surface area contributed by atoms with Crippen molar-refractivity contribution in [3.63, 3.8) is 0 Å². The first-order chi connectivity index (χ1) is 2.56. The van der Waals surface area contributed by atoms with Crippen LogP contribution in [0.25, 0.3) is 0 Å². The first kappa shape index (κ1) is 6.42. The lowest BCUT2D eigenvalue weighted by Crippen LogP contribution is -1.93. The molecule has 0 heterocycles. The number of hydrogen-bond acceptors (Lipinski definition) is 2. The largest absolute Gasteiger partial charge is 0.246 e. The maximum absolute atomic E-state index is 7.81. The first-order valence-electron chi connectivity index (χ1n) is 1.08. The van der Waals surface area contributed by atoms with Crippen LogP contribution in [-0.2, 0) is 0 Å². The molecule has 0 aromatic heterocycles. The van der Waals surface area contributed by atoms with Gasteiger partial charge in [0.2, 0.25) is 3.67 Å². The predicted molar refractivity (Wildman–Crippen MR) is 29.0 cm³/mol. The van der Waals surface area contributed by atoms with Crippen LogP contribution in [0, 0.1) is 11.3 Å². The van der Waals surface area contributed by atoms with E-state index in [1.165, 1.54) is 6.07 Å². The molecule has 34 valence electrons. The topological polar surface area (TPSA) is 23.8 Å². The summed E-state index contributed by atoms with van der Waals surface area (Å²) in [5.74, 6) is 0. The summed E-state index contributed by atoms with van der Waals surface area (Å²) in [7, 11) is 0. The van der Waals surface area contributed by atoms with E-state index in [4.69, 9.17) is 28.5 Å². The quantitative estimate of drug-likeness (QED) is 0.402. The number of rotatable bonds is 0. The van der Waals surface area contributed by atoms with Crippen molar-refractivity contribution in [2.24, 2.45) is 0 Å². The van der Waals surface area contributed by atoms with Crippen LogP contribution >= 0.6 is 35.8 Å². The zero-order chi connectivity index (χ0) is 5.21. The van der Waals surface area contributed by atoms with Crippen molar-refractivity contribution in [2.75, 3.05) is 0 Å². The van der Waals surface area contributed by atoms with E-state index < -0.39 is 3.67 Å². The fourth-order valence-corrected chi connectivity index (χ4v) is 0. The Labute approximate surface area is 51.3 Å². The van der Waals surface area contributed by atoms with Gasteiger partial charge in [0.05, 0.1) is 0 Å². The molecule has 0 saturated heterocycles. The molecular formula is C2HCl2NS. The van der Waals surface area contributed by atoms with Crippen LogP contribution in [0.1, 0.15) is 0 Å². The second-order valence-corrected chi connectivity index (χ2v) is 3.18. The summed E-state index contributed by atoms with van der Waals surface area (Å²) in [5.41, 5.74) is 0. The molecule has 4 heteroatoms. The lowest BCUT2D eigenvalue weighted by molar-refractivity contribution is 1.41. The van der Waals surface area contributed by atoms with Crippen LogP contribution < -0.4 is 0 Å². The maximum Gasteiger partial charge on any atom is 0.246 e. The minimum absolute atomic E-state index is 1.50. The van der Waals surface area contributed by atoms with Crippen molar-refractivity contribution >= 4 is 35.8 Å². The minimum atomic E-state index is -1.51. The molecule has 0 amide bonds. The van der Waals surface area contributed by atoms with Gasteiger partial charge in [-0.1, -0.05) is 23.2 Å². The Morgan fingerprint density at radius 2 is 1.83 bits per heavy atom. The highest BCUT2D eigenvalue weighted by Crippen LogP contribution is 2.22. The highest BCUT2D eigenvalue weighted by molar-refractivity contribution is 7.85. The number of nitriles is 1. The lowest BCUT2D eigenvalue weighted by atomic mass is 10.9. The third kappa shape index (κ3) is 4.42. The monoisotopic (exact) mass is 141 g/mol. The molecule has 0 aliphatic rings. The number of alkyl halides is 2. The zero-order valence-corrected chi connectivity index (χ0v) is 5.06. The molecule has 0 rings (SSSR count). The van der Waals surface area contributed by atoms with Gasteiger partial charge in [0.25, 0.3) is 0 Å². The van der Waals surface area contributed by atoms with Gasteiger partial charge in [-0.3, -0.25) is 0 Å². The van der Waals surface area contributed by atoms with E-state index in [-0.39, 0.29) is 0 Å². The molecule has 0 atom stereocenters. The average molecular weight is 142 g/mol. The molecule has 0 spiro atoms. The second kappa shape index (κ2) is 1.92. The van der Waals surface area contributed by atoms with Crippen molar-refractivity contribution < 1.29 is 0 Å². The summed E-state index contributed by atoms with van der Waals surface area (Å²) in [6.07, 6.45) is 0. The minimum Gasteiger partial charge on any atom is -0.194 e. The maximum atomic E-state index is 7.81. The molecule has 0 aliphatic carbocycles. The number of hydrogen-bond donors (Lipinski definition) is 1. The normalized spacial score (nSPS) is 10.3. The fraction of sp³-hybridized carbons (Fsp3) is 0.500. The predicted octanol–water partition coefficient (Wildman–Crippen LogP) is 1.57. The van der Waals surface area contributed by atoms with Gasteiger partial charge >= 0.3 is 0 Å². The average Bonchev–Trinajstić information content (AvgIpc) is 1.35. The number of thiol groups is 1. The zero-order valence-electron chi connectivity index (χ0n) is 2.65. The Kier molecular flexibility index (Phi) is 2.06. The molecule has 0 aromatic carbocycles. The Hall–Kier alpha value is 0.420. The Morgan fingerprint density at radius 1 is 1.67 bits per heavy atom. The van der Waals surface area contributed by atoms with Gasteiger partial charge < -0.3 is 0 Å². The van der Waals surface area contributed by atoms with Gasteiger partial charge in [-0.05, 0) is 0 Å². The van der Waals surface area contributed by atoms with Crippen LogP contribution in [0.15, 0.2) is 0 Å². The van der Waals surface area contributed by atoms with E-state index >= 15 is 0 Å². The summed E-state index contributed by atoms with van der Waals surface area (Å²) in [4.78, 5) is 0. The van der Waals surface area contributed by atoms with Crippen LogP contribution in [0.4, 0.5) is 0 Å². The smallest absolute Gasteiger partial charge is 0.194 e. The van der Waals surface area contributed by atoms with E-state index in [2.05, 4.69) is 12.6 Å². The highest BCUT2D eigenvalue weighted by atomic mass is 35.5. The third-order valence-electron chi connectivity index (χ3n) is 0.135. The molecule has 6 heavy (non-hydrogen) atoms. The van der Waals surface area contributed by atoms with Crippen LogP contribution in [0.2, 0.25) is 0 Å². The van der Waals surface area contributed by atoms with Gasteiger partial charge in [-0.2, -0.15) is 5.26 Å². The molecule has 0 radical (unpaired) electrons. The summed E-state index contributed by atoms with van der Waals surface area (Å²) in [6, 6.07) is 1.50. The van der Waals surface area contributed by atoms with Crippen LogP contribution in [0.3, 0.4) is 0 Å². The summed E-state index contributed by atoms with van der Waals surface area (Å²) < 4.78 is -1.51. The summed E-state index contributed by atoms with van der Waals surface area (Å²) in [6.45, 7) is 0. The van der Waals surface area contributed by atoms with Crippen molar-refractivity contribution in [2.45, 2.75) is 3.67 Å². The fourth-order valence-electron chi connectivity index (χ4n) is 0. The van der Waals surface area contributed by atoms with Gasteiger partial charge in [0.15, 0.2) is 0 Å². The molecule has 0 aliphatic heterocycles. The molecular weight excluding hydrogens is 141 g/mol. The highest BCUT2D eigenvalue weighted by Gasteiger charge is 2.13. The third-order valence-corrected chi connectivity index (χ3v) is 0.404. The Morgan fingerprint density at radius 3 is 1.83 bits per heavy atom. The molecule has 0 fully saturated rings. The molecule has 1 nitrogen and oxygen atoms in total. The molecule has 0 saturated carbocycles. The van der Waals surface area contributed by atoms with Crippen molar-refractivity contribution in [3.8, 4) is 6.07 Å². The Bertz CT molecular complexity index is 78.5. The van der Waals surface area contributed by atoms with E-state index in [9.17, 15) is 0 Å². The van der Waals surface area contributed by atoms with Crippen molar-refractivity contribution in [1.82, 2.24) is 0 Å². The Balaban J connectivity index is 3.55. The SMILES string of the molecule is N#CC(S)(Cl)Cl. The van der Waals surface area contributed by atoms with Crippen LogP contribution in [0.5, 0.6) is 0 Å². The van der Waals surface area contributed by atoms with Gasteiger partial charge in [-0.15, -0.1) is 12.6 Å². The van der Waals surface area contributed by atoms with E-state index in [1.54, 1.807) is 0 Å². The number of nitrogens with zero attached hydrogens (tertiary/aromatic N) is 1. The van der Waals surface area contributed by atoms with E-state index in [0.717, 1.165) is 0 Å². The first-order valence-corrected chi connectivity index (χ1v) is 2.28. The van der Waals surface area contributed by atoms with Gasteiger partial charge in [-0.25, -0.2) is 0 Å². The van der Waals surface area contributed by atoms with E-state index in [1.807, 2.05) is 0 Å². The van der Waals surface area contributed by atoms with E-state index in [0.29, 0.717) is 0 Å². The van der Waals surface area contributed by atoms with Crippen molar-refractivity contribution in [1.29, 1.82) is 5.26 Å². The summed E-state index contributed by atoms with van der Waals surface area (Å²) in [5, 5.41) is 7.81. The second-order valence-electron chi connectivity index (χ2n) is 0.653. The summed E-state index contributed by atoms with van der Waals surface area (Å²) >= 11 is 13.4. The lowest BCUT2D eigenvalue weighted by Gasteiger charge is -1.93. The standard InChI is InChI=1S/C2HCl2NS/c3-2(4,6)1-5/h6H. The molecule has 0 bridgehead atoms. The number of halogens is 2. The van der Waals surface area contributed by atoms with Gasteiger partial charge in [0, 0.05) is 0 Å². The van der Waals surface area contributed by atoms with Crippen LogP contribution in [-0.4, -0.2) is 3.67 Å². The molecule has 0 unspecified atom stereocenters. The molecule has 0 aromatic rings. The molecule has 0 N–H and O–H groups in total. The van der Waals surface area contributed by atoms with Gasteiger partial charge in [0.1, 0.15) is 6.07 Å².